The summed E-state index contributed by atoms with van der Waals surface area (Å²) >= 11 is 0. The number of methoxy groups -OCH3 is 1. The molecule has 2 nitrogen and oxygen atoms in total. The first kappa shape index (κ1) is 9.59. The zero-order chi connectivity index (χ0) is 10.7. The summed E-state index contributed by atoms with van der Waals surface area (Å²) in [5.41, 5.74) is 1.73. The maximum absolute atomic E-state index is 9.78. The van der Waals surface area contributed by atoms with Crippen LogP contribution in [0.4, 0.5) is 0 Å². The summed E-state index contributed by atoms with van der Waals surface area (Å²) in [5.74, 6) is 0.866. The Morgan fingerprint density at radius 3 is 2.73 bits per heavy atom. The Balaban J connectivity index is 2.46. The van der Waals surface area contributed by atoms with Crippen LogP contribution in [-0.2, 0) is 0 Å². The van der Waals surface area contributed by atoms with Crippen LogP contribution in [0.25, 0.3) is 11.1 Å². The summed E-state index contributed by atoms with van der Waals surface area (Å²) in [7, 11) is 1.57. The van der Waals surface area contributed by atoms with Crippen LogP contribution in [0.15, 0.2) is 42.5 Å². The highest BCUT2D eigenvalue weighted by Gasteiger charge is 2.04. The molecule has 1 radical (unpaired) electrons. The summed E-state index contributed by atoms with van der Waals surface area (Å²) in [6, 6.07) is 15.7. The minimum atomic E-state index is 0.217. The highest BCUT2D eigenvalue weighted by Crippen LogP contribution is 2.31. The average molecular weight is 199 g/mol. The van der Waals surface area contributed by atoms with Crippen LogP contribution < -0.4 is 4.74 Å². The molecular weight excluding hydrogens is 188 g/mol. The van der Waals surface area contributed by atoms with Gasteiger partial charge < -0.3 is 9.84 Å². The second kappa shape index (κ2) is 4.05. The summed E-state index contributed by atoms with van der Waals surface area (Å²) in [6.45, 7) is 0. The van der Waals surface area contributed by atoms with Crippen LogP contribution in [0, 0.1) is 6.07 Å². The standard InChI is InChI=1S/C13H11O2/c1-15-11-7-8-12(13(14)9-11)10-5-3-2-4-6-10/h2-3,5-9,14H,1H3. The lowest BCUT2D eigenvalue weighted by atomic mass is 10.0. The Labute approximate surface area is 88.8 Å². The van der Waals surface area contributed by atoms with Gasteiger partial charge in [0, 0.05) is 11.6 Å². The van der Waals surface area contributed by atoms with E-state index in [9.17, 15) is 5.11 Å². The van der Waals surface area contributed by atoms with Gasteiger partial charge in [0.2, 0.25) is 0 Å². The summed E-state index contributed by atoms with van der Waals surface area (Å²) in [6.07, 6.45) is 0. The molecule has 75 valence electrons. The number of ether oxygens (including phenoxy) is 1. The van der Waals surface area contributed by atoms with Crippen LogP contribution in [0.2, 0.25) is 0 Å². The van der Waals surface area contributed by atoms with E-state index >= 15 is 0 Å². The van der Waals surface area contributed by atoms with E-state index in [4.69, 9.17) is 4.74 Å². The third kappa shape index (κ3) is 1.94. The van der Waals surface area contributed by atoms with Crippen molar-refractivity contribution in [1.82, 2.24) is 0 Å². The van der Waals surface area contributed by atoms with Crippen molar-refractivity contribution >= 4 is 0 Å². The number of benzene rings is 2. The quantitative estimate of drug-likeness (QED) is 0.805. The minimum Gasteiger partial charge on any atom is -0.507 e. The fourth-order valence-electron chi connectivity index (χ4n) is 1.44. The second-order valence-electron chi connectivity index (χ2n) is 3.18. The Hall–Kier alpha value is -1.96. The molecule has 0 saturated carbocycles. The average Bonchev–Trinajstić information content (AvgIpc) is 2.30. The van der Waals surface area contributed by atoms with Crippen molar-refractivity contribution in [3.8, 4) is 22.6 Å². The highest BCUT2D eigenvalue weighted by atomic mass is 16.5. The third-order valence-electron chi connectivity index (χ3n) is 2.22. The number of hydrogen-bond donors (Lipinski definition) is 1. The minimum absolute atomic E-state index is 0.217. The fraction of sp³-hybridized carbons (Fsp3) is 0.0769. The van der Waals surface area contributed by atoms with Crippen molar-refractivity contribution < 1.29 is 9.84 Å². The monoisotopic (exact) mass is 199 g/mol. The largest absolute Gasteiger partial charge is 0.507 e. The molecule has 2 aromatic rings. The van der Waals surface area contributed by atoms with Crippen molar-refractivity contribution in [2.75, 3.05) is 7.11 Å². The van der Waals surface area contributed by atoms with Gasteiger partial charge in [-0.1, -0.05) is 18.2 Å². The van der Waals surface area contributed by atoms with Gasteiger partial charge in [-0.2, -0.15) is 0 Å². The van der Waals surface area contributed by atoms with Crippen molar-refractivity contribution in [2.24, 2.45) is 0 Å². The topological polar surface area (TPSA) is 29.5 Å². The lowest BCUT2D eigenvalue weighted by Gasteiger charge is -2.06. The van der Waals surface area contributed by atoms with Gasteiger partial charge >= 0.3 is 0 Å². The molecule has 0 bridgehead atoms. The van der Waals surface area contributed by atoms with Gasteiger partial charge in [0.15, 0.2) is 0 Å². The number of phenolic OH excluding ortho intramolecular Hbond substituents is 1. The molecule has 0 spiro atoms. The lowest BCUT2D eigenvalue weighted by Crippen LogP contribution is -1.84. The molecule has 0 aliphatic carbocycles. The SMILES string of the molecule is COc1ccc(-c2c[c]ccc2)c(O)c1. The summed E-state index contributed by atoms with van der Waals surface area (Å²) < 4.78 is 5.02. The highest BCUT2D eigenvalue weighted by molar-refractivity contribution is 5.70. The van der Waals surface area contributed by atoms with Gasteiger partial charge in [0.05, 0.1) is 7.11 Å². The van der Waals surface area contributed by atoms with Gasteiger partial charge in [-0.05, 0) is 29.8 Å². The smallest absolute Gasteiger partial charge is 0.127 e. The van der Waals surface area contributed by atoms with E-state index in [1.165, 1.54) is 0 Å². The van der Waals surface area contributed by atoms with E-state index in [-0.39, 0.29) is 5.75 Å². The van der Waals surface area contributed by atoms with Crippen molar-refractivity contribution in [3.05, 3.63) is 48.5 Å². The number of phenols is 1. The van der Waals surface area contributed by atoms with E-state index in [0.29, 0.717) is 5.75 Å². The second-order valence-corrected chi connectivity index (χ2v) is 3.18. The summed E-state index contributed by atoms with van der Waals surface area (Å²) in [5, 5.41) is 9.78. The van der Waals surface area contributed by atoms with E-state index in [1.54, 1.807) is 13.2 Å². The predicted molar refractivity (Wildman–Crippen MR) is 58.9 cm³/mol. The van der Waals surface area contributed by atoms with Crippen LogP contribution in [0.3, 0.4) is 0 Å². The van der Waals surface area contributed by atoms with Crippen LogP contribution in [0.5, 0.6) is 11.5 Å². The third-order valence-corrected chi connectivity index (χ3v) is 2.22. The van der Waals surface area contributed by atoms with E-state index < -0.39 is 0 Å². The lowest BCUT2D eigenvalue weighted by molar-refractivity contribution is 0.408. The first-order valence-electron chi connectivity index (χ1n) is 4.65. The Kier molecular flexibility index (Phi) is 2.59. The maximum Gasteiger partial charge on any atom is 0.127 e. The van der Waals surface area contributed by atoms with Crippen molar-refractivity contribution in [2.45, 2.75) is 0 Å². The molecule has 0 unspecified atom stereocenters. The molecule has 2 aromatic carbocycles. The first-order chi connectivity index (χ1) is 7.31. The van der Waals surface area contributed by atoms with Gasteiger partial charge in [0.25, 0.3) is 0 Å². The first-order valence-corrected chi connectivity index (χ1v) is 4.65. The van der Waals surface area contributed by atoms with Gasteiger partial charge in [-0.15, -0.1) is 0 Å². The number of hydrogen-bond acceptors (Lipinski definition) is 2. The predicted octanol–water partition coefficient (Wildman–Crippen LogP) is 2.87. The molecule has 0 heterocycles. The Bertz CT molecular complexity index is 449. The molecule has 2 heteroatoms. The molecule has 1 N–H and O–H groups in total. The molecule has 2 rings (SSSR count). The fourth-order valence-corrected chi connectivity index (χ4v) is 1.44. The Morgan fingerprint density at radius 1 is 1.27 bits per heavy atom. The Morgan fingerprint density at radius 2 is 2.13 bits per heavy atom. The zero-order valence-corrected chi connectivity index (χ0v) is 8.40. The number of aromatic hydroxyl groups is 1. The van der Waals surface area contributed by atoms with Gasteiger partial charge in [-0.25, -0.2) is 0 Å². The molecule has 0 amide bonds. The maximum atomic E-state index is 9.78. The molecule has 0 fully saturated rings. The molecular formula is C13H11O2. The van der Waals surface area contributed by atoms with Crippen LogP contribution in [0.1, 0.15) is 0 Å². The zero-order valence-electron chi connectivity index (χ0n) is 8.40. The molecule has 0 atom stereocenters. The molecule has 0 aliphatic heterocycles. The molecule has 0 aromatic heterocycles. The molecule has 15 heavy (non-hydrogen) atoms. The van der Waals surface area contributed by atoms with E-state index in [2.05, 4.69) is 6.07 Å². The number of rotatable bonds is 2. The van der Waals surface area contributed by atoms with Crippen LogP contribution in [-0.4, -0.2) is 12.2 Å². The van der Waals surface area contributed by atoms with E-state index in [0.717, 1.165) is 11.1 Å². The molecule has 0 saturated heterocycles. The normalized spacial score (nSPS) is 9.93. The van der Waals surface area contributed by atoms with Crippen molar-refractivity contribution in [3.63, 3.8) is 0 Å². The van der Waals surface area contributed by atoms with Crippen molar-refractivity contribution in [1.29, 1.82) is 0 Å². The van der Waals surface area contributed by atoms with Crippen LogP contribution >= 0.6 is 0 Å². The van der Waals surface area contributed by atoms with E-state index in [1.807, 2.05) is 36.4 Å². The van der Waals surface area contributed by atoms with Gasteiger partial charge in [-0.3, -0.25) is 0 Å². The molecule has 0 aliphatic rings. The summed E-state index contributed by atoms with van der Waals surface area (Å²) in [4.78, 5) is 0. The van der Waals surface area contributed by atoms with Gasteiger partial charge in [0.1, 0.15) is 11.5 Å².